The molecule has 0 aromatic carbocycles. The van der Waals surface area contributed by atoms with E-state index in [4.69, 9.17) is 4.79 Å². The van der Waals surface area contributed by atoms with Gasteiger partial charge in [0, 0.05) is 15.9 Å². The van der Waals surface area contributed by atoms with Crippen molar-refractivity contribution in [3.05, 3.63) is 0 Å². The summed E-state index contributed by atoms with van der Waals surface area (Å²) in [5, 5.41) is 0. The van der Waals surface area contributed by atoms with E-state index in [9.17, 15) is 0 Å². The summed E-state index contributed by atoms with van der Waals surface area (Å²) >= 11 is 2.41. The van der Waals surface area contributed by atoms with E-state index in [1.165, 1.54) is 0 Å². The zero-order valence-electron chi connectivity index (χ0n) is 1.86. The largest absolute Gasteiger partial charge is 0.360 e. The lowest BCUT2D eigenvalue weighted by Gasteiger charge is -1.56. The van der Waals surface area contributed by atoms with E-state index in [1.54, 1.807) is 0 Å². The maximum atomic E-state index is 9.14. The Morgan fingerprint density at radius 1 is 2.00 bits per heavy atom. The molecule has 0 unspecified atom stereocenters. The summed E-state index contributed by atoms with van der Waals surface area (Å²) in [5.74, 6) is 0. The minimum atomic E-state index is -0.521. The van der Waals surface area contributed by atoms with Crippen molar-refractivity contribution in [3.8, 4) is 0 Å². The van der Waals surface area contributed by atoms with Gasteiger partial charge in [-0.15, -0.1) is 0 Å². The van der Waals surface area contributed by atoms with E-state index in [-0.39, 0.29) is 0 Å². The van der Waals surface area contributed by atoms with Gasteiger partial charge in [-0.25, -0.2) is 0 Å². The van der Waals surface area contributed by atoms with Crippen LogP contribution in [0.3, 0.4) is 0 Å². The third-order valence-corrected chi connectivity index (χ3v) is 0. The Morgan fingerprint density at radius 2 is 2.00 bits per heavy atom. The SMILES string of the molecule is NC(=O)Br. The molecule has 0 fully saturated rings. The predicted molar refractivity (Wildman–Crippen MR) is 18.5 cm³/mol. The second kappa shape index (κ2) is 1.29. The van der Waals surface area contributed by atoms with E-state index < -0.39 is 4.82 Å². The Bertz CT molecular complexity index is 31.0. The summed E-state index contributed by atoms with van der Waals surface area (Å²) in [6.07, 6.45) is 0. The van der Waals surface area contributed by atoms with E-state index >= 15 is 0 Å². The normalized spacial score (nSPS) is 6.25. The number of hydrogen-bond acceptors (Lipinski definition) is 1. The maximum absolute atomic E-state index is 9.14. The number of primary amides is 1. The van der Waals surface area contributed by atoms with Gasteiger partial charge in [0.05, 0.1) is 0 Å². The van der Waals surface area contributed by atoms with Crippen LogP contribution in [-0.4, -0.2) is 4.82 Å². The van der Waals surface area contributed by atoms with Crippen LogP contribution in [0.4, 0.5) is 4.79 Å². The summed E-state index contributed by atoms with van der Waals surface area (Å²) in [4.78, 5) is 8.62. The molecule has 0 atom stereocenters. The standard InChI is InChI=1S/CH2BrNO/c2-1(3)4/h(H2,3,4). The molecule has 2 nitrogen and oxygen atoms in total. The van der Waals surface area contributed by atoms with Crippen molar-refractivity contribution in [2.75, 3.05) is 0 Å². The van der Waals surface area contributed by atoms with Gasteiger partial charge in [-0.1, -0.05) is 0 Å². The lowest BCUT2D eigenvalue weighted by Crippen LogP contribution is -1.93. The van der Waals surface area contributed by atoms with Crippen molar-refractivity contribution >= 4 is 20.7 Å². The highest BCUT2D eigenvalue weighted by Gasteiger charge is 1.65. The van der Waals surface area contributed by atoms with Crippen LogP contribution in [0, 0.1) is 0 Å². The summed E-state index contributed by atoms with van der Waals surface area (Å²) < 4.78 is 0. The first kappa shape index (κ1) is 3.95. The topological polar surface area (TPSA) is 43.1 Å². The molecule has 4 heavy (non-hydrogen) atoms. The molecule has 0 spiro atoms. The molecular weight excluding hydrogens is 122 g/mol. The third-order valence-electron chi connectivity index (χ3n) is 0. The Labute approximate surface area is 32.1 Å². The van der Waals surface area contributed by atoms with Crippen LogP contribution < -0.4 is 5.73 Å². The number of hydrogen-bond donors (Lipinski definition) is 1. The van der Waals surface area contributed by atoms with Crippen molar-refractivity contribution in [3.63, 3.8) is 0 Å². The Kier molecular flexibility index (Phi) is 1.27. The van der Waals surface area contributed by atoms with Crippen molar-refractivity contribution < 1.29 is 4.79 Å². The molecule has 1 amide bonds. The molecule has 2 N–H and O–H groups in total. The van der Waals surface area contributed by atoms with Crippen molar-refractivity contribution in [1.82, 2.24) is 0 Å². The lowest BCUT2D eigenvalue weighted by molar-refractivity contribution is 0.268. The van der Waals surface area contributed by atoms with Gasteiger partial charge in [-0.2, -0.15) is 0 Å². The summed E-state index contributed by atoms with van der Waals surface area (Å²) in [7, 11) is 0. The molecule has 0 radical (unpaired) electrons. The molecule has 0 aliphatic carbocycles. The number of carbonyl (C=O) groups is 1. The number of carbonyl (C=O) groups excluding carboxylic acids is 1. The minimum absolute atomic E-state index is 0.521. The predicted octanol–water partition coefficient (Wildman–Crippen LogP) is 0.460. The van der Waals surface area contributed by atoms with Gasteiger partial charge in [0.2, 0.25) is 0 Å². The molecule has 0 saturated heterocycles. The smallest absolute Gasteiger partial charge is 0.284 e. The maximum Gasteiger partial charge on any atom is 0.284 e. The van der Waals surface area contributed by atoms with Crippen LogP contribution in [0.1, 0.15) is 0 Å². The quantitative estimate of drug-likeness (QED) is 0.370. The summed E-state index contributed by atoms with van der Waals surface area (Å²) in [5.41, 5.74) is 4.39. The minimum Gasteiger partial charge on any atom is -0.360 e. The molecule has 0 bridgehead atoms. The van der Waals surface area contributed by atoms with Crippen molar-refractivity contribution in [1.29, 1.82) is 0 Å². The first-order chi connectivity index (χ1) is 1.73. The molecule has 0 aliphatic heterocycles. The van der Waals surface area contributed by atoms with E-state index in [2.05, 4.69) is 21.7 Å². The van der Waals surface area contributed by atoms with Gasteiger partial charge in [-0.05, 0) is 0 Å². The monoisotopic (exact) mass is 123 g/mol. The molecule has 0 aliphatic rings. The number of halogens is 1. The fourth-order valence-electron chi connectivity index (χ4n) is 0. The van der Waals surface area contributed by atoms with Gasteiger partial charge in [0.1, 0.15) is 0 Å². The van der Waals surface area contributed by atoms with Crippen LogP contribution in [0.15, 0.2) is 0 Å². The van der Waals surface area contributed by atoms with Crippen LogP contribution in [0.2, 0.25) is 0 Å². The summed E-state index contributed by atoms with van der Waals surface area (Å²) in [6.45, 7) is 0. The number of amides is 1. The zero-order chi connectivity index (χ0) is 3.58. The zero-order valence-corrected chi connectivity index (χ0v) is 3.45. The average molecular weight is 124 g/mol. The second-order valence-corrected chi connectivity index (χ2v) is 1.09. The highest BCUT2D eigenvalue weighted by Crippen LogP contribution is 1.69. The first-order valence-corrected chi connectivity index (χ1v) is 1.47. The van der Waals surface area contributed by atoms with Crippen LogP contribution in [-0.2, 0) is 0 Å². The molecule has 0 aromatic rings. The van der Waals surface area contributed by atoms with Crippen LogP contribution in [0.25, 0.3) is 0 Å². The molecular formula is CH2BrNO. The molecule has 0 aromatic heterocycles. The Hall–Kier alpha value is -0.0500. The lowest BCUT2D eigenvalue weighted by atomic mass is 11.5. The first-order valence-electron chi connectivity index (χ1n) is 0.682. The fourth-order valence-corrected chi connectivity index (χ4v) is 0. The highest BCUT2D eigenvalue weighted by atomic mass is 79.9. The van der Waals surface area contributed by atoms with Gasteiger partial charge >= 0.3 is 0 Å². The Balaban J connectivity index is 2.80. The van der Waals surface area contributed by atoms with Crippen molar-refractivity contribution in [2.45, 2.75) is 0 Å². The third kappa shape index (κ3) is 704. The second-order valence-electron chi connectivity index (χ2n) is 0.304. The molecule has 0 heterocycles. The molecule has 0 saturated carbocycles. The van der Waals surface area contributed by atoms with E-state index in [0.29, 0.717) is 0 Å². The average Bonchev–Trinajstić information content (AvgIpc) is 0.811. The van der Waals surface area contributed by atoms with Crippen LogP contribution >= 0.6 is 15.9 Å². The van der Waals surface area contributed by atoms with Gasteiger partial charge in [0.25, 0.3) is 4.82 Å². The summed E-state index contributed by atoms with van der Waals surface area (Å²) in [6, 6.07) is 0. The molecule has 24 valence electrons. The van der Waals surface area contributed by atoms with Gasteiger partial charge in [0.15, 0.2) is 0 Å². The fraction of sp³-hybridized carbons (Fsp3) is 0. The molecule has 3 heteroatoms. The Morgan fingerprint density at radius 3 is 2.00 bits per heavy atom. The van der Waals surface area contributed by atoms with Gasteiger partial charge < -0.3 is 5.73 Å². The van der Waals surface area contributed by atoms with E-state index in [1.807, 2.05) is 0 Å². The number of rotatable bonds is 0. The highest BCUT2D eigenvalue weighted by molar-refractivity contribution is 9.18. The number of nitrogens with two attached hydrogens (primary N) is 1. The van der Waals surface area contributed by atoms with E-state index in [0.717, 1.165) is 0 Å². The van der Waals surface area contributed by atoms with Crippen LogP contribution in [0.5, 0.6) is 0 Å². The van der Waals surface area contributed by atoms with Crippen molar-refractivity contribution in [2.24, 2.45) is 5.73 Å². The molecule has 0 rings (SSSR count). The van der Waals surface area contributed by atoms with Gasteiger partial charge in [-0.3, -0.25) is 4.79 Å².